The molecule has 0 spiro atoms. The molecule has 1 fully saturated rings. The molecule has 0 unspecified atom stereocenters. The van der Waals surface area contributed by atoms with Gasteiger partial charge in [0, 0.05) is 17.6 Å². The Morgan fingerprint density at radius 2 is 2.17 bits per heavy atom. The van der Waals surface area contributed by atoms with E-state index in [1.54, 1.807) is 0 Å². The van der Waals surface area contributed by atoms with Gasteiger partial charge in [-0.05, 0) is 18.6 Å². The van der Waals surface area contributed by atoms with E-state index >= 15 is 0 Å². The molecule has 98 valence electrons. The maximum atomic E-state index is 12.1. The Labute approximate surface area is 108 Å². The molecule has 1 saturated heterocycles. The van der Waals surface area contributed by atoms with E-state index in [4.69, 9.17) is 16.4 Å². The van der Waals surface area contributed by atoms with Crippen LogP contribution in [-0.4, -0.2) is 31.0 Å². The Kier molecular flexibility index (Phi) is 3.53. The van der Waals surface area contributed by atoms with Crippen LogP contribution in [0.25, 0.3) is 0 Å². The fourth-order valence-electron chi connectivity index (χ4n) is 1.58. The lowest BCUT2D eigenvalue weighted by atomic mass is 10.3. The Hall–Kier alpha value is -1.22. The molecule has 0 bridgehead atoms. The van der Waals surface area contributed by atoms with Crippen molar-refractivity contribution in [2.45, 2.75) is 11.3 Å². The Morgan fingerprint density at radius 1 is 1.44 bits per heavy atom. The molecule has 0 saturated carbocycles. The van der Waals surface area contributed by atoms with Gasteiger partial charge < -0.3 is 0 Å². The molecule has 0 aromatic heterocycles. The van der Waals surface area contributed by atoms with E-state index in [9.17, 15) is 18.5 Å². The summed E-state index contributed by atoms with van der Waals surface area (Å²) in [6.07, 6.45) is 0.556. The van der Waals surface area contributed by atoms with Crippen LogP contribution in [-0.2, 0) is 14.9 Å². The normalized spacial score (nSPS) is 16.9. The van der Waals surface area contributed by atoms with Gasteiger partial charge in [-0.15, -0.1) is 0 Å². The van der Waals surface area contributed by atoms with E-state index in [0.717, 1.165) is 16.6 Å². The summed E-state index contributed by atoms with van der Waals surface area (Å²) < 4.78 is 25.0. The Morgan fingerprint density at radius 3 is 2.72 bits per heavy atom. The number of sulfonamides is 1. The minimum Gasteiger partial charge on any atom is -0.284 e. The second-order valence-electron chi connectivity index (χ2n) is 3.59. The third kappa shape index (κ3) is 2.32. The van der Waals surface area contributed by atoms with Crippen molar-refractivity contribution in [1.82, 2.24) is 4.47 Å². The van der Waals surface area contributed by atoms with E-state index < -0.39 is 25.5 Å². The molecule has 2 rings (SSSR count). The fraction of sp³-hybridized carbons (Fsp3) is 0.333. The van der Waals surface area contributed by atoms with Crippen LogP contribution in [0, 0.1) is 10.1 Å². The number of hydrogen-bond acceptors (Lipinski definition) is 5. The number of halogens is 1. The molecule has 1 aromatic carbocycles. The van der Waals surface area contributed by atoms with Crippen LogP contribution in [0.1, 0.15) is 6.42 Å². The summed E-state index contributed by atoms with van der Waals surface area (Å²) in [5.74, 6) is 0. The molecule has 1 aliphatic rings. The molecular weight excluding hydrogens is 284 g/mol. The molecule has 1 heterocycles. The lowest BCUT2D eigenvalue weighted by molar-refractivity contribution is -0.387. The van der Waals surface area contributed by atoms with Crippen molar-refractivity contribution in [2.24, 2.45) is 0 Å². The molecule has 0 radical (unpaired) electrons. The largest absolute Gasteiger partial charge is 0.290 e. The summed E-state index contributed by atoms with van der Waals surface area (Å²) in [6.45, 7) is 0.461. The highest BCUT2D eigenvalue weighted by atomic mass is 35.5. The van der Waals surface area contributed by atoms with Gasteiger partial charge >= 0.3 is 0 Å². The highest BCUT2D eigenvalue weighted by Gasteiger charge is 2.34. The summed E-state index contributed by atoms with van der Waals surface area (Å²) >= 11 is 5.63. The van der Waals surface area contributed by atoms with Crippen LogP contribution in [0.2, 0.25) is 5.02 Å². The number of nitro benzene ring substituents is 1. The van der Waals surface area contributed by atoms with Crippen molar-refractivity contribution in [3.63, 3.8) is 0 Å². The zero-order valence-electron chi connectivity index (χ0n) is 9.08. The van der Waals surface area contributed by atoms with Crippen LogP contribution < -0.4 is 0 Å². The number of hydroxylamine groups is 1. The Bertz CT molecular complexity index is 583. The van der Waals surface area contributed by atoms with Crippen LogP contribution >= 0.6 is 11.6 Å². The standard InChI is InChI=1S/C9H9ClN2O5S/c10-7-2-3-9(8(6-7)12(13)14)18(15,16)11-4-1-5-17-11/h2-3,6H,1,4-5H2. The van der Waals surface area contributed by atoms with Crippen molar-refractivity contribution in [3.05, 3.63) is 33.3 Å². The molecule has 1 aromatic rings. The number of hydrogen-bond donors (Lipinski definition) is 0. The average Bonchev–Trinajstić information content (AvgIpc) is 2.82. The van der Waals surface area contributed by atoms with Gasteiger partial charge in [0.25, 0.3) is 15.7 Å². The highest BCUT2D eigenvalue weighted by Crippen LogP contribution is 2.30. The first-order chi connectivity index (χ1) is 8.43. The van der Waals surface area contributed by atoms with Crippen molar-refractivity contribution < 1.29 is 18.2 Å². The second kappa shape index (κ2) is 4.81. The average molecular weight is 293 g/mol. The molecular formula is C9H9ClN2O5S. The van der Waals surface area contributed by atoms with Gasteiger partial charge in [-0.2, -0.15) is 0 Å². The van der Waals surface area contributed by atoms with Gasteiger partial charge in [-0.1, -0.05) is 16.1 Å². The summed E-state index contributed by atoms with van der Waals surface area (Å²) in [5, 5.41) is 11.0. The first kappa shape index (κ1) is 13.2. The molecule has 0 amide bonds. The number of nitro groups is 1. The van der Waals surface area contributed by atoms with E-state index in [0.29, 0.717) is 6.42 Å². The lowest BCUT2D eigenvalue weighted by Gasteiger charge is -2.14. The monoisotopic (exact) mass is 292 g/mol. The number of nitrogens with zero attached hydrogens (tertiary/aromatic N) is 2. The predicted octanol–water partition coefficient (Wildman–Crippen LogP) is 1.57. The van der Waals surface area contributed by atoms with Crippen molar-refractivity contribution >= 4 is 27.3 Å². The highest BCUT2D eigenvalue weighted by molar-refractivity contribution is 7.89. The van der Waals surface area contributed by atoms with Crippen LogP contribution in [0.4, 0.5) is 5.69 Å². The fourth-order valence-corrected chi connectivity index (χ4v) is 3.18. The Balaban J connectivity index is 2.53. The van der Waals surface area contributed by atoms with Gasteiger partial charge in [0.1, 0.15) is 0 Å². The van der Waals surface area contributed by atoms with Gasteiger partial charge in [0.15, 0.2) is 4.90 Å². The molecule has 9 heteroatoms. The lowest BCUT2D eigenvalue weighted by Crippen LogP contribution is -2.27. The van der Waals surface area contributed by atoms with Crippen molar-refractivity contribution in [2.75, 3.05) is 13.2 Å². The van der Waals surface area contributed by atoms with Gasteiger partial charge in [-0.3, -0.25) is 15.0 Å². The molecule has 0 atom stereocenters. The minimum atomic E-state index is -4.02. The molecule has 0 aliphatic carbocycles. The first-order valence-corrected chi connectivity index (χ1v) is 6.84. The summed E-state index contributed by atoms with van der Waals surface area (Å²) in [6, 6.07) is 3.40. The van der Waals surface area contributed by atoms with Crippen LogP contribution in [0.3, 0.4) is 0 Å². The zero-order valence-corrected chi connectivity index (χ0v) is 10.6. The number of rotatable bonds is 3. The van der Waals surface area contributed by atoms with E-state index in [1.165, 1.54) is 6.07 Å². The van der Waals surface area contributed by atoms with E-state index in [2.05, 4.69) is 0 Å². The maximum absolute atomic E-state index is 12.1. The van der Waals surface area contributed by atoms with Gasteiger partial charge in [0.05, 0.1) is 11.5 Å². The summed E-state index contributed by atoms with van der Waals surface area (Å²) in [5.41, 5.74) is -0.557. The second-order valence-corrected chi connectivity index (χ2v) is 5.82. The molecule has 7 nitrogen and oxygen atoms in total. The first-order valence-electron chi connectivity index (χ1n) is 5.02. The van der Waals surface area contributed by atoms with Crippen LogP contribution in [0.15, 0.2) is 23.1 Å². The van der Waals surface area contributed by atoms with Crippen LogP contribution in [0.5, 0.6) is 0 Å². The SMILES string of the molecule is O=[N+]([O-])c1cc(Cl)ccc1S(=O)(=O)N1CCCO1. The topological polar surface area (TPSA) is 89.8 Å². The smallest absolute Gasteiger partial charge is 0.284 e. The summed E-state index contributed by atoms with van der Waals surface area (Å²) in [4.78, 5) is 14.6. The third-order valence-electron chi connectivity index (χ3n) is 2.38. The molecule has 18 heavy (non-hydrogen) atoms. The third-order valence-corrected chi connectivity index (χ3v) is 4.34. The zero-order chi connectivity index (χ0) is 13.3. The molecule has 0 N–H and O–H groups in total. The molecule has 1 aliphatic heterocycles. The van der Waals surface area contributed by atoms with E-state index in [-0.39, 0.29) is 18.2 Å². The van der Waals surface area contributed by atoms with Gasteiger partial charge in [-0.25, -0.2) is 8.42 Å². The van der Waals surface area contributed by atoms with Crippen molar-refractivity contribution in [1.29, 1.82) is 0 Å². The number of benzene rings is 1. The quantitative estimate of drug-likeness (QED) is 0.623. The maximum Gasteiger partial charge on any atom is 0.290 e. The minimum absolute atomic E-state index is 0.1000. The van der Waals surface area contributed by atoms with E-state index in [1.807, 2.05) is 0 Å². The van der Waals surface area contributed by atoms with Gasteiger partial charge in [0.2, 0.25) is 0 Å². The van der Waals surface area contributed by atoms with Crippen molar-refractivity contribution in [3.8, 4) is 0 Å². The summed E-state index contributed by atoms with van der Waals surface area (Å²) in [7, 11) is -4.02. The predicted molar refractivity (Wildman–Crippen MR) is 62.6 cm³/mol.